The van der Waals surface area contributed by atoms with E-state index in [2.05, 4.69) is 5.32 Å². The number of benzene rings is 1. The minimum absolute atomic E-state index is 0.107. The molecule has 8 heteroatoms. The highest BCUT2D eigenvalue weighted by atomic mass is 35.5. The van der Waals surface area contributed by atoms with E-state index in [1.165, 1.54) is 18.2 Å². The van der Waals surface area contributed by atoms with E-state index in [0.717, 1.165) is 13.0 Å². The van der Waals surface area contributed by atoms with Crippen LogP contribution in [0.3, 0.4) is 0 Å². The maximum Gasteiger partial charge on any atom is 0.271 e. The Morgan fingerprint density at radius 3 is 2.95 bits per heavy atom. The first-order valence-corrected chi connectivity index (χ1v) is 7.87. The number of halogens is 1. The van der Waals surface area contributed by atoms with E-state index < -0.39 is 4.92 Å². The topological polar surface area (TPSA) is 81.5 Å². The molecule has 1 saturated heterocycles. The zero-order valence-electron chi connectivity index (χ0n) is 11.4. The predicted octanol–water partition coefficient (Wildman–Crippen LogP) is 3.10. The second kappa shape index (κ2) is 7.11. The Morgan fingerprint density at radius 1 is 1.62 bits per heavy atom. The third kappa shape index (κ3) is 4.33. The summed E-state index contributed by atoms with van der Waals surface area (Å²) in [4.78, 5) is 22.0. The molecule has 1 aromatic carbocycles. The molecule has 0 aliphatic carbocycles. The van der Waals surface area contributed by atoms with Gasteiger partial charge in [0.15, 0.2) is 0 Å². The van der Waals surface area contributed by atoms with Gasteiger partial charge in [0, 0.05) is 24.0 Å². The Bertz CT molecular complexity index is 555. The van der Waals surface area contributed by atoms with Gasteiger partial charge in [0.1, 0.15) is 0 Å². The Kier molecular flexibility index (Phi) is 5.44. The molecule has 0 aromatic heterocycles. The van der Waals surface area contributed by atoms with Crippen LogP contribution in [-0.2, 0) is 9.53 Å². The summed E-state index contributed by atoms with van der Waals surface area (Å²) in [5.74, 6) is 0.112. The molecule has 1 aliphatic rings. The van der Waals surface area contributed by atoms with Gasteiger partial charge in [-0.3, -0.25) is 14.9 Å². The smallest absolute Gasteiger partial charge is 0.271 e. The minimum atomic E-state index is -0.533. The highest BCUT2D eigenvalue weighted by molar-refractivity contribution is 8.00. The van der Waals surface area contributed by atoms with Gasteiger partial charge in [-0.2, -0.15) is 0 Å². The highest BCUT2D eigenvalue weighted by Crippen LogP contribution is 2.28. The van der Waals surface area contributed by atoms with Gasteiger partial charge in [-0.05, 0) is 19.4 Å². The fourth-order valence-corrected chi connectivity index (χ4v) is 3.29. The van der Waals surface area contributed by atoms with Crippen LogP contribution in [0.2, 0.25) is 5.02 Å². The second-order valence-corrected chi connectivity index (χ2v) is 6.32. The number of ether oxygens (including phenoxy) is 1. The summed E-state index contributed by atoms with van der Waals surface area (Å²) in [7, 11) is 0. The fourth-order valence-electron chi connectivity index (χ4n) is 2.02. The van der Waals surface area contributed by atoms with Crippen LogP contribution in [-0.4, -0.2) is 34.5 Å². The summed E-state index contributed by atoms with van der Waals surface area (Å²) >= 11 is 7.47. The van der Waals surface area contributed by atoms with Gasteiger partial charge in [-0.15, -0.1) is 11.8 Å². The molecule has 2 rings (SSSR count). The molecule has 0 spiro atoms. The number of hydrogen-bond donors (Lipinski definition) is 1. The van der Waals surface area contributed by atoms with Gasteiger partial charge < -0.3 is 10.1 Å². The van der Waals surface area contributed by atoms with Crippen molar-refractivity contribution < 1.29 is 14.5 Å². The van der Waals surface area contributed by atoms with Gasteiger partial charge in [0.2, 0.25) is 5.91 Å². The van der Waals surface area contributed by atoms with Crippen molar-refractivity contribution >= 4 is 40.6 Å². The summed E-state index contributed by atoms with van der Waals surface area (Å²) < 4.78 is 5.43. The Morgan fingerprint density at radius 2 is 2.38 bits per heavy atom. The van der Waals surface area contributed by atoms with E-state index >= 15 is 0 Å². The quantitative estimate of drug-likeness (QED) is 0.662. The Balaban J connectivity index is 1.89. The van der Waals surface area contributed by atoms with Crippen molar-refractivity contribution in [1.29, 1.82) is 0 Å². The molecule has 0 radical (unpaired) electrons. The summed E-state index contributed by atoms with van der Waals surface area (Å²) in [6, 6.07) is 3.96. The lowest BCUT2D eigenvalue weighted by atomic mass is 10.3. The van der Waals surface area contributed by atoms with Crippen LogP contribution in [0.25, 0.3) is 0 Å². The van der Waals surface area contributed by atoms with E-state index in [-0.39, 0.29) is 22.7 Å². The molecule has 114 valence electrons. The number of anilines is 1. The molecule has 0 bridgehead atoms. The molecule has 0 unspecified atom stereocenters. The number of nitrogens with zero attached hydrogens (tertiary/aromatic N) is 1. The Hall–Kier alpha value is -1.31. The van der Waals surface area contributed by atoms with E-state index in [0.29, 0.717) is 16.7 Å². The third-order valence-corrected chi connectivity index (χ3v) is 4.96. The molecule has 1 heterocycles. The number of hydrogen-bond acceptors (Lipinski definition) is 5. The van der Waals surface area contributed by atoms with Crippen LogP contribution in [0.4, 0.5) is 11.4 Å². The summed E-state index contributed by atoms with van der Waals surface area (Å²) in [5, 5.41) is 13.7. The van der Waals surface area contributed by atoms with Crippen LogP contribution in [0.1, 0.15) is 13.3 Å². The van der Waals surface area contributed by atoms with Crippen LogP contribution < -0.4 is 5.32 Å². The van der Waals surface area contributed by atoms with Crippen molar-refractivity contribution in [2.75, 3.05) is 17.7 Å². The van der Waals surface area contributed by atoms with Gasteiger partial charge in [-0.1, -0.05) is 11.6 Å². The van der Waals surface area contributed by atoms with Crippen LogP contribution in [0.5, 0.6) is 0 Å². The lowest BCUT2D eigenvalue weighted by Crippen LogP contribution is -2.20. The van der Waals surface area contributed by atoms with Gasteiger partial charge >= 0.3 is 0 Å². The number of thioether (sulfide) groups is 1. The average molecular weight is 331 g/mol. The lowest BCUT2D eigenvalue weighted by Gasteiger charge is -2.13. The molecule has 6 nitrogen and oxygen atoms in total. The number of amides is 1. The maximum atomic E-state index is 11.9. The van der Waals surface area contributed by atoms with Crippen molar-refractivity contribution in [2.45, 2.75) is 24.7 Å². The zero-order valence-corrected chi connectivity index (χ0v) is 12.9. The average Bonchev–Trinajstić information content (AvgIpc) is 2.84. The number of nitro groups is 1. The fraction of sp³-hybridized carbons (Fsp3) is 0.462. The van der Waals surface area contributed by atoms with Gasteiger partial charge in [0.05, 0.1) is 27.5 Å². The van der Waals surface area contributed by atoms with Gasteiger partial charge in [-0.25, -0.2) is 0 Å². The van der Waals surface area contributed by atoms with E-state index in [4.69, 9.17) is 16.3 Å². The molecule has 1 aromatic rings. The van der Waals surface area contributed by atoms with Crippen molar-refractivity contribution in [2.24, 2.45) is 0 Å². The number of carbonyl (C=O) groups is 1. The molecule has 0 saturated carbocycles. The molecule has 1 amide bonds. The monoisotopic (exact) mass is 330 g/mol. The molecule has 21 heavy (non-hydrogen) atoms. The lowest BCUT2D eigenvalue weighted by molar-refractivity contribution is -0.384. The van der Waals surface area contributed by atoms with E-state index in [9.17, 15) is 14.9 Å². The van der Waals surface area contributed by atoms with Crippen molar-refractivity contribution in [3.05, 3.63) is 33.3 Å². The molecule has 1 fully saturated rings. The Labute approximate surface area is 131 Å². The largest absolute Gasteiger partial charge is 0.377 e. The molecular weight excluding hydrogens is 316 g/mol. The number of nitro benzene ring substituents is 1. The summed E-state index contributed by atoms with van der Waals surface area (Å²) in [6.07, 6.45) is 1.10. The first-order valence-electron chi connectivity index (χ1n) is 6.44. The molecule has 2 atom stereocenters. The first-order chi connectivity index (χ1) is 9.97. The number of non-ortho nitro benzene ring substituents is 1. The van der Waals surface area contributed by atoms with Crippen molar-refractivity contribution in [3.63, 3.8) is 0 Å². The third-order valence-electron chi connectivity index (χ3n) is 3.17. The zero-order chi connectivity index (χ0) is 15.4. The highest BCUT2D eigenvalue weighted by Gasteiger charge is 2.25. The molecule has 1 aliphatic heterocycles. The normalized spacial score (nSPS) is 21.2. The van der Waals surface area contributed by atoms with Crippen LogP contribution in [0, 0.1) is 10.1 Å². The summed E-state index contributed by atoms with van der Waals surface area (Å²) in [6.45, 7) is 2.73. The molecular formula is C13H15ClN2O4S. The number of nitrogens with one attached hydrogen (secondary N) is 1. The standard InChI is InChI=1S/C13H15ClN2O4S/c1-8-12(4-5-20-8)21-7-13(17)15-11-3-2-9(16(18)19)6-10(11)14/h2-3,6,8,12H,4-5,7H2,1H3,(H,15,17)/t8-,12+/m0/s1. The van der Waals surface area contributed by atoms with Crippen molar-refractivity contribution in [3.8, 4) is 0 Å². The number of carbonyl (C=O) groups excluding carboxylic acids is 1. The minimum Gasteiger partial charge on any atom is -0.377 e. The van der Waals surface area contributed by atoms with Gasteiger partial charge in [0.25, 0.3) is 5.69 Å². The van der Waals surface area contributed by atoms with E-state index in [1.807, 2.05) is 6.92 Å². The van der Waals surface area contributed by atoms with Crippen LogP contribution in [0.15, 0.2) is 18.2 Å². The number of rotatable bonds is 5. The predicted molar refractivity (Wildman–Crippen MR) is 83.0 cm³/mol. The molecule has 1 N–H and O–H groups in total. The maximum absolute atomic E-state index is 11.9. The SMILES string of the molecule is C[C@@H]1OCC[C@H]1SCC(=O)Nc1ccc([N+](=O)[O-])cc1Cl. The second-order valence-electron chi connectivity index (χ2n) is 4.68. The van der Waals surface area contributed by atoms with Crippen LogP contribution >= 0.6 is 23.4 Å². The first kappa shape index (κ1) is 16.1. The van der Waals surface area contributed by atoms with Crippen molar-refractivity contribution in [1.82, 2.24) is 0 Å². The summed E-state index contributed by atoms with van der Waals surface area (Å²) in [5.41, 5.74) is 0.271. The van der Waals surface area contributed by atoms with E-state index in [1.54, 1.807) is 11.8 Å².